The van der Waals surface area contributed by atoms with Crippen molar-refractivity contribution >= 4 is 5.97 Å². The molecule has 4 nitrogen and oxygen atoms in total. The maximum atomic E-state index is 12.8. The summed E-state index contributed by atoms with van der Waals surface area (Å²) < 4.78 is 11.1. The van der Waals surface area contributed by atoms with E-state index in [2.05, 4.69) is 48.5 Å². The van der Waals surface area contributed by atoms with Gasteiger partial charge in [-0.25, -0.2) is 4.98 Å². The Hall–Kier alpha value is -4.44. The summed E-state index contributed by atoms with van der Waals surface area (Å²) in [4.78, 5) is 17.5. The third-order valence-corrected chi connectivity index (χ3v) is 7.14. The fraction of sp³-hybridized carbons (Fsp3) is 0.200. The van der Waals surface area contributed by atoms with E-state index < -0.39 is 0 Å². The van der Waals surface area contributed by atoms with Crippen LogP contribution in [0.1, 0.15) is 40.5 Å². The van der Waals surface area contributed by atoms with Crippen LogP contribution in [0.4, 0.5) is 0 Å². The third kappa shape index (κ3) is 6.53. The Morgan fingerprint density at radius 2 is 1.41 bits per heavy atom. The topological polar surface area (TPSA) is 52.3 Å². The summed E-state index contributed by atoms with van der Waals surface area (Å²) in [5.74, 6) is 0.983. The SMILES string of the molecule is COC(=O)C(Cc1ccc(CCCc2nc(-c3ccccc3)oc2C)cc1)c1cccc(-c2ccccc2)c1. The van der Waals surface area contributed by atoms with E-state index in [1.54, 1.807) is 0 Å². The van der Waals surface area contributed by atoms with Gasteiger partial charge in [-0.2, -0.15) is 0 Å². The van der Waals surface area contributed by atoms with Gasteiger partial charge < -0.3 is 9.15 Å². The van der Waals surface area contributed by atoms with Gasteiger partial charge in [0.25, 0.3) is 0 Å². The molecule has 39 heavy (non-hydrogen) atoms. The predicted molar refractivity (Wildman–Crippen MR) is 155 cm³/mol. The van der Waals surface area contributed by atoms with Crippen molar-refractivity contribution in [3.63, 3.8) is 0 Å². The summed E-state index contributed by atoms with van der Waals surface area (Å²) in [6.07, 6.45) is 3.39. The third-order valence-electron chi connectivity index (χ3n) is 7.14. The van der Waals surface area contributed by atoms with Crippen LogP contribution < -0.4 is 0 Å². The quantitative estimate of drug-likeness (QED) is 0.177. The Labute approximate surface area is 230 Å². The number of hydrogen-bond acceptors (Lipinski definition) is 4. The summed E-state index contributed by atoms with van der Waals surface area (Å²) in [6.45, 7) is 1.98. The molecule has 1 aromatic heterocycles. The fourth-order valence-electron chi connectivity index (χ4n) is 4.95. The molecule has 5 rings (SSSR count). The average molecular weight is 516 g/mol. The number of nitrogens with zero attached hydrogens (tertiary/aromatic N) is 1. The number of oxazole rings is 1. The Kier molecular flexibility index (Phi) is 8.33. The molecule has 0 saturated carbocycles. The molecular formula is C35H33NO3. The molecule has 196 valence electrons. The Morgan fingerprint density at radius 1 is 0.769 bits per heavy atom. The lowest BCUT2D eigenvalue weighted by Crippen LogP contribution is -2.17. The van der Waals surface area contributed by atoms with Gasteiger partial charge in [0, 0.05) is 5.56 Å². The maximum Gasteiger partial charge on any atom is 0.313 e. The van der Waals surface area contributed by atoms with Crippen LogP contribution in [0.3, 0.4) is 0 Å². The largest absolute Gasteiger partial charge is 0.469 e. The Morgan fingerprint density at radius 3 is 2.10 bits per heavy atom. The number of rotatable bonds is 10. The number of esters is 1. The van der Waals surface area contributed by atoms with E-state index in [9.17, 15) is 4.79 Å². The van der Waals surface area contributed by atoms with Crippen LogP contribution >= 0.6 is 0 Å². The monoisotopic (exact) mass is 515 g/mol. The second kappa shape index (κ2) is 12.4. The van der Waals surface area contributed by atoms with Gasteiger partial charge >= 0.3 is 5.97 Å². The highest BCUT2D eigenvalue weighted by atomic mass is 16.5. The number of aryl methyl sites for hydroxylation is 3. The summed E-state index contributed by atoms with van der Waals surface area (Å²) in [5.41, 5.74) is 7.58. The molecule has 0 radical (unpaired) electrons. The molecule has 1 atom stereocenters. The lowest BCUT2D eigenvalue weighted by Gasteiger charge is -2.17. The number of benzene rings is 4. The zero-order valence-corrected chi connectivity index (χ0v) is 22.5. The molecule has 0 aliphatic heterocycles. The van der Waals surface area contributed by atoms with E-state index in [0.29, 0.717) is 12.3 Å². The van der Waals surface area contributed by atoms with Gasteiger partial charge in [0.2, 0.25) is 5.89 Å². The number of carbonyl (C=O) groups is 1. The van der Waals surface area contributed by atoms with Crippen LogP contribution in [0.25, 0.3) is 22.6 Å². The molecule has 0 amide bonds. The van der Waals surface area contributed by atoms with Crippen LogP contribution in [0.2, 0.25) is 0 Å². The molecule has 1 unspecified atom stereocenters. The molecule has 0 saturated heterocycles. The van der Waals surface area contributed by atoms with E-state index in [1.807, 2.05) is 67.6 Å². The number of ether oxygens (including phenoxy) is 1. The smallest absolute Gasteiger partial charge is 0.313 e. The minimum Gasteiger partial charge on any atom is -0.469 e. The second-order valence-corrected chi connectivity index (χ2v) is 9.83. The van der Waals surface area contributed by atoms with E-state index in [4.69, 9.17) is 14.1 Å². The van der Waals surface area contributed by atoms with Crippen molar-refractivity contribution in [1.82, 2.24) is 4.98 Å². The van der Waals surface area contributed by atoms with E-state index in [0.717, 1.165) is 58.5 Å². The molecule has 4 heteroatoms. The van der Waals surface area contributed by atoms with Crippen LogP contribution in [0, 0.1) is 6.92 Å². The lowest BCUT2D eigenvalue weighted by molar-refractivity contribution is -0.142. The van der Waals surface area contributed by atoms with Gasteiger partial charge in [-0.15, -0.1) is 0 Å². The lowest BCUT2D eigenvalue weighted by atomic mass is 9.89. The highest BCUT2D eigenvalue weighted by molar-refractivity contribution is 5.79. The van der Waals surface area contributed by atoms with Crippen LogP contribution in [-0.4, -0.2) is 18.1 Å². The van der Waals surface area contributed by atoms with Crippen molar-refractivity contribution in [2.75, 3.05) is 7.11 Å². The molecule has 0 fully saturated rings. The fourth-order valence-corrected chi connectivity index (χ4v) is 4.95. The Balaban J connectivity index is 1.22. The van der Waals surface area contributed by atoms with Crippen molar-refractivity contribution in [2.45, 2.75) is 38.5 Å². The van der Waals surface area contributed by atoms with Gasteiger partial charge in [-0.05, 0) is 72.6 Å². The molecule has 0 spiro atoms. The van der Waals surface area contributed by atoms with E-state index in [1.165, 1.54) is 12.7 Å². The molecule has 0 aliphatic rings. The normalized spacial score (nSPS) is 11.7. The van der Waals surface area contributed by atoms with Gasteiger partial charge in [0.15, 0.2) is 0 Å². The maximum absolute atomic E-state index is 12.8. The number of carbonyl (C=O) groups excluding carboxylic acids is 1. The standard InChI is InChI=1S/C35H33NO3/c1-25-33(36-34(39-25)29-14-7-4-8-15-29)18-9-11-26-19-21-27(22-20-26)23-32(35(37)38-2)31-17-10-16-30(24-31)28-12-5-3-6-13-28/h3-8,10,12-17,19-22,24,32H,9,11,18,23H2,1-2H3. The van der Waals surface area contributed by atoms with Crippen LogP contribution in [0.5, 0.6) is 0 Å². The molecule has 5 aromatic rings. The van der Waals surface area contributed by atoms with Crippen molar-refractivity contribution < 1.29 is 13.9 Å². The van der Waals surface area contributed by atoms with E-state index in [-0.39, 0.29) is 11.9 Å². The zero-order chi connectivity index (χ0) is 27.0. The van der Waals surface area contributed by atoms with Crippen LogP contribution in [-0.2, 0) is 28.8 Å². The molecule has 0 bridgehead atoms. The van der Waals surface area contributed by atoms with Gasteiger partial charge in [0.05, 0.1) is 18.7 Å². The Bertz CT molecular complexity index is 1510. The van der Waals surface area contributed by atoms with Gasteiger partial charge in [-0.3, -0.25) is 4.79 Å². The predicted octanol–water partition coefficient (Wildman–Crippen LogP) is 7.99. The van der Waals surface area contributed by atoms with Crippen molar-refractivity contribution in [2.24, 2.45) is 0 Å². The summed E-state index contributed by atoms with van der Waals surface area (Å²) in [5, 5.41) is 0. The first kappa shape index (κ1) is 26.2. The molecule has 0 N–H and O–H groups in total. The first-order valence-electron chi connectivity index (χ1n) is 13.4. The molecule has 1 heterocycles. The van der Waals surface area contributed by atoms with Gasteiger partial charge in [-0.1, -0.05) is 97.1 Å². The van der Waals surface area contributed by atoms with Crippen LogP contribution in [0.15, 0.2) is 114 Å². The summed E-state index contributed by atoms with van der Waals surface area (Å²) >= 11 is 0. The molecule has 4 aromatic carbocycles. The van der Waals surface area contributed by atoms with E-state index >= 15 is 0 Å². The van der Waals surface area contributed by atoms with Crippen molar-refractivity contribution in [1.29, 1.82) is 0 Å². The van der Waals surface area contributed by atoms with Crippen molar-refractivity contribution in [3.8, 4) is 22.6 Å². The van der Waals surface area contributed by atoms with Crippen molar-refractivity contribution in [3.05, 3.63) is 137 Å². The average Bonchev–Trinajstić information content (AvgIpc) is 3.37. The summed E-state index contributed by atoms with van der Waals surface area (Å²) in [7, 11) is 1.46. The number of methoxy groups -OCH3 is 1. The highest BCUT2D eigenvalue weighted by Gasteiger charge is 2.22. The number of aromatic nitrogens is 1. The van der Waals surface area contributed by atoms with Gasteiger partial charge in [0.1, 0.15) is 5.76 Å². The first-order chi connectivity index (χ1) is 19.1. The zero-order valence-electron chi connectivity index (χ0n) is 22.5. The highest BCUT2D eigenvalue weighted by Crippen LogP contribution is 2.28. The number of hydrogen-bond donors (Lipinski definition) is 0. The molecule has 0 aliphatic carbocycles. The first-order valence-corrected chi connectivity index (χ1v) is 13.4. The minimum atomic E-state index is -0.363. The second-order valence-electron chi connectivity index (χ2n) is 9.83. The minimum absolute atomic E-state index is 0.220. The molecular weight excluding hydrogens is 482 g/mol. The summed E-state index contributed by atoms with van der Waals surface area (Å²) in [6, 6.07) is 37.0.